The van der Waals surface area contributed by atoms with E-state index in [1.165, 1.54) is 6.07 Å². The highest BCUT2D eigenvalue weighted by Gasteiger charge is 2.35. The zero-order valence-corrected chi connectivity index (χ0v) is 13.5. The van der Waals surface area contributed by atoms with Crippen LogP contribution in [0.3, 0.4) is 0 Å². The van der Waals surface area contributed by atoms with Crippen molar-refractivity contribution in [3.05, 3.63) is 35.6 Å². The van der Waals surface area contributed by atoms with Crippen molar-refractivity contribution in [1.82, 2.24) is 9.80 Å². The lowest BCUT2D eigenvalue weighted by atomic mass is 9.99. The van der Waals surface area contributed by atoms with Crippen molar-refractivity contribution < 1.29 is 14.0 Å². The molecule has 1 aliphatic carbocycles. The predicted octanol–water partition coefficient (Wildman–Crippen LogP) is 2.09. The lowest BCUT2D eigenvalue weighted by Gasteiger charge is -2.36. The second-order valence-electron chi connectivity index (χ2n) is 6.62. The van der Waals surface area contributed by atoms with Gasteiger partial charge >= 0.3 is 0 Å². The predicted molar refractivity (Wildman–Crippen MR) is 85.2 cm³/mol. The first-order valence-corrected chi connectivity index (χ1v) is 8.37. The number of carbonyl (C=O) groups excluding carboxylic acids is 2. The molecule has 1 aromatic rings. The van der Waals surface area contributed by atoms with Gasteiger partial charge < -0.3 is 9.80 Å². The molecule has 1 saturated heterocycles. The van der Waals surface area contributed by atoms with Crippen molar-refractivity contribution in [3.63, 3.8) is 0 Å². The van der Waals surface area contributed by atoms with Gasteiger partial charge in [0.15, 0.2) is 0 Å². The van der Waals surface area contributed by atoms with Crippen LogP contribution >= 0.6 is 0 Å². The summed E-state index contributed by atoms with van der Waals surface area (Å²) in [7, 11) is 0. The number of hydrogen-bond acceptors (Lipinski definition) is 2. The number of piperazine rings is 1. The number of benzene rings is 1. The van der Waals surface area contributed by atoms with Crippen LogP contribution in [0.2, 0.25) is 0 Å². The lowest BCUT2D eigenvalue weighted by molar-refractivity contribution is -0.142. The highest BCUT2D eigenvalue weighted by Crippen LogP contribution is 2.31. The molecule has 5 heteroatoms. The van der Waals surface area contributed by atoms with E-state index in [1.807, 2.05) is 16.7 Å². The van der Waals surface area contributed by atoms with E-state index in [0.29, 0.717) is 38.2 Å². The van der Waals surface area contributed by atoms with Gasteiger partial charge in [-0.25, -0.2) is 4.39 Å². The summed E-state index contributed by atoms with van der Waals surface area (Å²) in [4.78, 5) is 28.3. The van der Waals surface area contributed by atoms with Crippen LogP contribution in [0.15, 0.2) is 24.3 Å². The van der Waals surface area contributed by atoms with Gasteiger partial charge in [-0.3, -0.25) is 9.59 Å². The molecule has 0 bridgehead atoms. The molecule has 1 aliphatic heterocycles. The molecule has 124 valence electrons. The molecular formula is C18H23FN2O2. The van der Waals surface area contributed by atoms with Crippen LogP contribution in [-0.2, 0) is 16.0 Å². The summed E-state index contributed by atoms with van der Waals surface area (Å²) in [5, 5.41) is 0. The van der Waals surface area contributed by atoms with Crippen LogP contribution in [0.25, 0.3) is 0 Å². The van der Waals surface area contributed by atoms with Gasteiger partial charge in [-0.2, -0.15) is 0 Å². The number of carbonyl (C=O) groups is 2. The Kier molecular flexibility index (Phi) is 4.64. The zero-order chi connectivity index (χ0) is 16.4. The van der Waals surface area contributed by atoms with Gasteiger partial charge in [0.05, 0.1) is 0 Å². The van der Waals surface area contributed by atoms with Crippen molar-refractivity contribution >= 4 is 11.8 Å². The van der Waals surface area contributed by atoms with Gasteiger partial charge in [0.1, 0.15) is 5.82 Å². The van der Waals surface area contributed by atoms with E-state index in [9.17, 15) is 14.0 Å². The second-order valence-corrected chi connectivity index (χ2v) is 6.62. The summed E-state index contributed by atoms with van der Waals surface area (Å²) in [6.07, 6.45) is 2.43. The highest BCUT2D eigenvalue weighted by atomic mass is 19.1. The van der Waals surface area contributed by atoms with E-state index in [4.69, 9.17) is 0 Å². The third-order valence-corrected chi connectivity index (χ3v) is 4.74. The number of nitrogens with zero attached hydrogens (tertiary/aromatic N) is 2. The van der Waals surface area contributed by atoms with E-state index in [-0.39, 0.29) is 29.5 Å². The van der Waals surface area contributed by atoms with Crippen LogP contribution in [0.4, 0.5) is 4.39 Å². The van der Waals surface area contributed by atoms with Crippen LogP contribution in [-0.4, -0.2) is 47.8 Å². The standard InChI is InChI=1S/C18H23FN2O2/c1-13(12-15-4-2-3-5-16(15)19)17(22)20-8-10-21(11-9-20)18(23)14-6-7-14/h2-5,13-14H,6-12H2,1H3. The van der Waals surface area contributed by atoms with Crippen molar-refractivity contribution in [3.8, 4) is 0 Å². The van der Waals surface area contributed by atoms with E-state index in [0.717, 1.165) is 12.8 Å². The molecule has 0 aromatic heterocycles. The third-order valence-electron chi connectivity index (χ3n) is 4.74. The molecule has 1 heterocycles. The Labute approximate surface area is 136 Å². The smallest absolute Gasteiger partial charge is 0.225 e. The first-order chi connectivity index (χ1) is 11.1. The van der Waals surface area contributed by atoms with Crippen LogP contribution in [0.5, 0.6) is 0 Å². The topological polar surface area (TPSA) is 40.6 Å². The minimum atomic E-state index is -0.257. The molecule has 1 atom stereocenters. The van der Waals surface area contributed by atoms with E-state index < -0.39 is 0 Å². The van der Waals surface area contributed by atoms with E-state index in [2.05, 4.69) is 0 Å². The van der Waals surface area contributed by atoms with Gasteiger partial charge in [-0.05, 0) is 30.9 Å². The Morgan fingerprint density at radius 1 is 1.13 bits per heavy atom. The normalized spacial score (nSPS) is 19.6. The summed E-state index contributed by atoms with van der Waals surface area (Å²) < 4.78 is 13.7. The Bertz CT molecular complexity index is 592. The molecule has 1 saturated carbocycles. The molecule has 4 nitrogen and oxygen atoms in total. The summed E-state index contributed by atoms with van der Waals surface area (Å²) >= 11 is 0. The Morgan fingerprint density at radius 3 is 2.35 bits per heavy atom. The quantitative estimate of drug-likeness (QED) is 0.853. The van der Waals surface area contributed by atoms with Crippen molar-refractivity contribution in [2.75, 3.05) is 26.2 Å². The van der Waals surface area contributed by atoms with Gasteiger partial charge in [-0.1, -0.05) is 25.1 Å². The molecule has 23 heavy (non-hydrogen) atoms. The maximum atomic E-state index is 13.7. The fraction of sp³-hybridized carbons (Fsp3) is 0.556. The molecule has 2 aliphatic rings. The van der Waals surface area contributed by atoms with Gasteiger partial charge in [0.2, 0.25) is 11.8 Å². The molecule has 3 rings (SSSR count). The molecule has 0 spiro atoms. The Hall–Kier alpha value is -1.91. The van der Waals surface area contributed by atoms with Crippen LogP contribution < -0.4 is 0 Å². The summed E-state index contributed by atoms with van der Waals surface area (Å²) in [6.45, 7) is 4.25. The Balaban J connectivity index is 1.52. The molecule has 1 unspecified atom stereocenters. The lowest BCUT2D eigenvalue weighted by Crippen LogP contribution is -2.52. The minimum absolute atomic E-state index is 0.0479. The van der Waals surface area contributed by atoms with Crippen molar-refractivity contribution in [1.29, 1.82) is 0 Å². The molecule has 2 fully saturated rings. The van der Waals surface area contributed by atoms with Gasteiger partial charge in [0, 0.05) is 38.0 Å². The maximum Gasteiger partial charge on any atom is 0.225 e. The monoisotopic (exact) mass is 318 g/mol. The fourth-order valence-electron chi connectivity index (χ4n) is 3.13. The molecule has 1 aromatic carbocycles. The largest absolute Gasteiger partial charge is 0.339 e. The van der Waals surface area contributed by atoms with E-state index in [1.54, 1.807) is 18.2 Å². The van der Waals surface area contributed by atoms with Crippen molar-refractivity contribution in [2.45, 2.75) is 26.2 Å². The SMILES string of the molecule is CC(Cc1ccccc1F)C(=O)N1CCN(C(=O)C2CC2)CC1. The maximum absolute atomic E-state index is 13.7. The van der Waals surface area contributed by atoms with Crippen molar-refractivity contribution in [2.24, 2.45) is 11.8 Å². The number of halogens is 1. The molecular weight excluding hydrogens is 295 g/mol. The van der Waals surface area contributed by atoms with Gasteiger partial charge in [-0.15, -0.1) is 0 Å². The Morgan fingerprint density at radius 2 is 1.74 bits per heavy atom. The first-order valence-electron chi connectivity index (χ1n) is 8.37. The average Bonchev–Trinajstić information content (AvgIpc) is 3.40. The van der Waals surface area contributed by atoms with Crippen LogP contribution in [0, 0.1) is 17.7 Å². The van der Waals surface area contributed by atoms with Gasteiger partial charge in [0.25, 0.3) is 0 Å². The summed E-state index contributed by atoms with van der Waals surface area (Å²) in [5.41, 5.74) is 0.580. The van der Waals surface area contributed by atoms with E-state index >= 15 is 0 Å². The zero-order valence-electron chi connectivity index (χ0n) is 13.5. The first kappa shape index (κ1) is 16.0. The number of rotatable bonds is 4. The number of hydrogen-bond donors (Lipinski definition) is 0. The fourth-order valence-corrected chi connectivity index (χ4v) is 3.13. The summed E-state index contributed by atoms with van der Waals surface area (Å²) in [5.74, 6) is 0.0186. The highest BCUT2D eigenvalue weighted by molar-refractivity contribution is 5.82. The molecule has 0 radical (unpaired) electrons. The number of amides is 2. The second kappa shape index (κ2) is 6.69. The molecule has 2 amide bonds. The molecule has 0 N–H and O–H groups in total. The average molecular weight is 318 g/mol. The third kappa shape index (κ3) is 3.71. The van der Waals surface area contributed by atoms with Crippen LogP contribution in [0.1, 0.15) is 25.3 Å². The minimum Gasteiger partial charge on any atom is -0.339 e. The summed E-state index contributed by atoms with van der Waals surface area (Å²) in [6, 6.07) is 6.60.